The van der Waals surface area contributed by atoms with Crippen molar-refractivity contribution in [2.45, 2.75) is 0 Å². The summed E-state index contributed by atoms with van der Waals surface area (Å²) < 4.78 is 2.63. The molecule has 0 bridgehead atoms. The number of fused-ring (bicyclic) bond motifs is 5. The zero-order valence-electron chi connectivity index (χ0n) is 28.4. The molecule has 1 heterocycles. The van der Waals surface area contributed by atoms with Crippen molar-refractivity contribution in [3.63, 3.8) is 0 Å². The summed E-state index contributed by atoms with van der Waals surface area (Å²) in [6.07, 6.45) is 0. The topological polar surface area (TPSA) is 3.24 Å². The standard InChI is InChI=1S/C50H33NS/c1-3-12-34(13-4-1)38-20-11-21-42(28-38)51(43-24-22-35-14-7-8-17-37(35)29-43)44-25-27-45(47(33-44)36-15-5-2-6-16-36)41-23-26-46-48-30-39-18-9-10-19-40(39)31-50(48)52-49(46)32-41/h1-33H. The molecule has 0 N–H and O–H groups in total. The van der Waals surface area contributed by atoms with Crippen LogP contribution in [-0.4, -0.2) is 0 Å². The van der Waals surface area contributed by atoms with Crippen LogP contribution in [0.5, 0.6) is 0 Å². The van der Waals surface area contributed by atoms with Crippen LogP contribution < -0.4 is 4.90 Å². The van der Waals surface area contributed by atoms with Crippen LogP contribution in [0, 0.1) is 0 Å². The number of hydrogen-bond acceptors (Lipinski definition) is 2. The van der Waals surface area contributed by atoms with Crippen molar-refractivity contribution < 1.29 is 0 Å². The Kier molecular flexibility index (Phi) is 7.41. The lowest BCUT2D eigenvalue weighted by Gasteiger charge is -2.27. The van der Waals surface area contributed by atoms with E-state index in [1.54, 1.807) is 0 Å². The minimum Gasteiger partial charge on any atom is -0.310 e. The van der Waals surface area contributed by atoms with E-state index in [4.69, 9.17) is 0 Å². The molecule has 2 heteroatoms. The van der Waals surface area contributed by atoms with Gasteiger partial charge in [-0.15, -0.1) is 11.3 Å². The van der Waals surface area contributed by atoms with Gasteiger partial charge in [-0.1, -0.05) is 146 Å². The average molecular weight is 680 g/mol. The van der Waals surface area contributed by atoms with Crippen LogP contribution in [0.2, 0.25) is 0 Å². The van der Waals surface area contributed by atoms with Crippen molar-refractivity contribution in [1.82, 2.24) is 0 Å². The molecule has 1 nitrogen and oxygen atoms in total. The smallest absolute Gasteiger partial charge is 0.0468 e. The van der Waals surface area contributed by atoms with E-state index in [2.05, 4.69) is 205 Å². The van der Waals surface area contributed by atoms with Crippen LogP contribution in [0.1, 0.15) is 0 Å². The average Bonchev–Trinajstić information content (AvgIpc) is 3.57. The minimum absolute atomic E-state index is 1.11. The zero-order valence-corrected chi connectivity index (χ0v) is 29.2. The molecule has 9 aromatic carbocycles. The molecular formula is C50H33NS. The fourth-order valence-electron chi connectivity index (χ4n) is 7.63. The SMILES string of the molecule is c1ccc(-c2cccc(N(c3ccc(-c4ccc5c(c4)sc4cc6ccccc6cc45)c(-c4ccccc4)c3)c3ccc4ccccc4c3)c2)cc1. The number of benzene rings is 9. The largest absolute Gasteiger partial charge is 0.310 e. The molecule has 52 heavy (non-hydrogen) atoms. The predicted octanol–water partition coefficient (Wildman–Crippen LogP) is 14.8. The maximum absolute atomic E-state index is 2.40. The lowest BCUT2D eigenvalue weighted by Crippen LogP contribution is -2.10. The molecule has 10 aromatic rings. The summed E-state index contributed by atoms with van der Waals surface area (Å²) in [6, 6.07) is 73.0. The van der Waals surface area contributed by atoms with E-state index < -0.39 is 0 Å². The van der Waals surface area contributed by atoms with Gasteiger partial charge in [-0.05, 0) is 110 Å². The van der Waals surface area contributed by atoms with Crippen LogP contribution in [0.15, 0.2) is 200 Å². The van der Waals surface area contributed by atoms with E-state index in [1.165, 1.54) is 75.1 Å². The van der Waals surface area contributed by atoms with Gasteiger partial charge in [-0.3, -0.25) is 0 Å². The van der Waals surface area contributed by atoms with Gasteiger partial charge in [0.05, 0.1) is 0 Å². The van der Waals surface area contributed by atoms with Gasteiger partial charge in [0.1, 0.15) is 0 Å². The first-order valence-corrected chi connectivity index (χ1v) is 18.6. The van der Waals surface area contributed by atoms with Gasteiger partial charge in [-0.25, -0.2) is 0 Å². The molecule has 0 radical (unpaired) electrons. The second-order valence-electron chi connectivity index (χ2n) is 13.4. The molecule has 0 spiro atoms. The highest BCUT2D eigenvalue weighted by molar-refractivity contribution is 7.25. The summed E-state index contributed by atoms with van der Waals surface area (Å²) in [5, 5.41) is 7.66. The first kappa shape index (κ1) is 30.4. The molecule has 0 unspecified atom stereocenters. The van der Waals surface area contributed by atoms with Crippen molar-refractivity contribution in [2.24, 2.45) is 0 Å². The monoisotopic (exact) mass is 679 g/mol. The fraction of sp³-hybridized carbons (Fsp3) is 0. The molecule has 10 rings (SSSR count). The van der Waals surface area contributed by atoms with Crippen molar-refractivity contribution in [1.29, 1.82) is 0 Å². The summed E-state index contributed by atoms with van der Waals surface area (Å²) in [7, 11) is 0. The van der Waals surface area contributed by atoms with Gasteiger partial charge in [0.2, 0.25) is 0 Å². The Bertz CT molecular complexity index is 2910. The van der Waals surface area contributed by atoms with Crippen LogP contribution >= 0.6 is 11.3 Å². The summed E-state index contributed by atoms with van der Waals surface area (Å²) in [4.78, 5) is 2.40. The fourth-order valence-corrected chi connectivity index (χ4v) is 8.80. The van der Waals surface area contributed by atoms with Crippen molar-refractivity contribution in [2.75, 3.05) is 4.90 Å². The lowest BCUT2D eigenvalue weighted by molar-refractivity contribution is 1.29. The minimum atomic E-state index is 1.11. The molecule has 0 amide bonds. The molecule has 0 aliphatic heterocycles. The third kappa shape index (κ3) is 5.42. The highest BCUT2D eigenvalue weighted by Crippen LogP contribution is 2.44. The van der Waals surface area contributed by atoms with Gasteiger partial charge in [0.25, 0.3) is 0 Å². The number of thiophene rings is 1. The molecular weight excluding hydrogens is 647 g/mol. The molecule has 0 atom stereocenters. The number of hydrogen-bond donors (Lipinski definition) is 0. The highest BCUT2D eigenvalue weighted by atomic mass is 32.1. The highest BCUT2D eigenvalue weighted by Gasteiger charge is 2.18. The van der Waals surface area contributed by atoms with Crippen molar-refractivity contribution >= 4 is 70.1 Å². The molecule has 0 aliphatic rings. The number of anilines is 3. The van der Waals surface area contributed by atoms with E-state index in [-0.39, 0.29) is 0 Å². The van der Waals surface area contributed by atoms with Crippen LogP contribution in [0.25, 0.3) is 75.1 Å². The maximum Gasteiger partial charge on any atom is 0.0468 e. The van der Waals surface area contributed by atoms with Gasteiger partial charge in [-0.2, -0.15) is 0 Å². The van der Waals surface area contributed by atoms with E-state index in [0.29, 0.717) is 0 Å². The third-order valence-corrected chi connectivity index (χ3v) is 11.3. The quantitative estimate of drug-likeness (QED) is 0.169. The van der Waals surface area contributed by atoms with Gasteiger partial charge in [0.15, 0.2) is 0 Å². The Morgan fingerprint density at radius 2 is 0.885 bits per heavy atom. The summed E-state index contributed by atoms with van der Waals surface area (Å²) in [5.74, 6) is 0. The Hall–Kier alpha value is -6.48. The second-order valence-corrected chi connectivity index (χ2v) is 14.5. The first-order chi connectivity index (χ1) is 25.7. The summed E-state index contributed by atoms with van der Waals surface area (Å²) in [6.45, 7) is 0. The number of rotatable bonds is 6. The number of nitrogens with zero attached hydrogens (tertiary/aromatic N) is 1. The van der Waals surface area contributed by atoms with Crippen molar-refractivity contribution in [3.05, 3.63) is 200 Å². The van der Waals surface area contributed by atoms with Crippen molar-refractivity contribution in [3.8, 4) is 33.4 Å². The van der Waals surface area contributed by atoms with E-state index >= 15 is 0 Å². The molecule has 0 saturated heterocycles. The molecule has 0 aliphatic carbocycles. The summed E-state index contributed by atoms with van der Waals surface area (Å²) >= 11 is 1.88. The Balaban J connectivity index is 1.16. The first-order valence-electron chi connectivity index (χ1n) is 17.7. The Morgan fingerprint density at radius 3 is 1.67 bits per heavy atom. The van der Waals surface area contributed by atoms with E-state index in [1.807, 2.05) is 11.3 Å². The van der Waals surface area contributed by atoms with E-state index in [9.17, 15) is 0 Å². The molecule has 0 fully saturated rings. The maximum atomic E-state index is 2.40. The Labute approximate surface area is 307 Å². The molecule has 244 valence electrons. The van der Waals surface area contributed by atoms with Crippen LogP contribution in [0.3, 0.4) is 0 Å². The summed E-state index contributed by atoms with van der Waals surface area (Å²) in [5.41, 5.74) is 10.6. The van der Waals surface area contributed by atoms with Gasteiger partial charge in [0, 0.05) is 37.2 Å². The third-order valence-electron chi connectivity index (χ3n) is 10.2. The second kappa shape index (κ2) is 12.7. The molecule has 0 saturated carbocycles. The zero-order chi connectivity index (χ0) is 34.4. The molecule has 1 aromatic heterocycles. The Morgan fingerprint density at radius 1 is 0.288 bits per heavy atom. The normalized spacial score (nSPS) is 11.5. The van der Waals surface area contributed by atoms with Gasteiger partial charge < -0.3 is 4.90 Å². The predicted molar refractivity (Wildman–Crippen MR) is 225 cm³/mol. The van der Waals surface area contributed by atoms with E-state index in [0.717, 1.165) is 17.1 Å². The van der Waals surface area contributed by atoms with Crippen LogP contribution in [0.4, 0.5) is 17.1 Å². The van der Waals surface area contributed by atoms with Gasteiger partial charge >= 0.3 is 0 Å². The van der Waals surface area contributed by atoms with Crippen LogP contribution in [-0.2, 0) is 0 Å². The lowest BCUT2D eigenvalue weighted by atomic mass is 9.93.